The second-order valence-electron chi connectivity index (χ2n) is 3.33. The Morgan fingerprint density at radius 1 is 1.58 bits per heavy atom. The lowest BCUT2D eigenvalue weighted by molar-refractivity contribution is -0.123. The van der Waals surface area contributed by atoms with E-state index in [2.05, 4.69) is 4.90 Å². The Morgan fingerprint density at radius 3 is 2.92 bits per heavy atom. The van der Waals surface area contributed by atoms with Gasteiger partial charge >= 0.3 is 0 Å². The fourth-order valence-corrected chi connectivity index (χ4v) is 1.67. The van der Waals surface area contributed by atoms with Gasteiger partial charge in [0.05, 0.1) is 5.92 Å². The summed E-state index contributed by atoms with van der Waals surface area (Å²) >= 11 is 0. The predicted octanol–water partition coefficient (Wildman–Crippen LogP) is -0.858. The van der Waals surface area contributed by atoms with Crippen LogP contribution in [-0.2, 0) is 4.79 Å². The minimum absolute atomic E-state index is 0.0466. The van der Waals surface area contributed by atoms with Crippen LogP contribution in [0.4, 0.5) is 0 Å². The highest BCUT2D eigenvalue weighted by Gasteiger charge is 2.22. The molecule has 12 heavy (non-hydrogen) atoms. The molecule has 0 radical (unpaired) electrons. The molecule has 0 spiro atoms. The van der Waals surface area contributed by atoms with E-state index in [0.29, 0.717) is 6.54 Å². The highest BCUT2D eigenvalue weighted by molar-refractivity contribution is 5.76. The van der Waals surface area contributed by atoms with Crippen molar-refractivity contribution in [3.05, 3.63) is 0 Å². The van der Waals surface area contributed by atoms with Gasteiger partial charge in [0.25, 0.3) is 0 Å². The number of carbonyl (C=O) groups is 1. The third-order valence-electron chi connectivity index (χ3n) is 2.35. The van der Waals surface area contributed by atoms with Crippen LogP contribution in [0.1, 0.15) is 12.8 Å². The molecule has 1 heterocycles. The Labute approximate surface area is 72.9 Å². The summed E-state index contributed by atoms with van der Waals surface area (Å²) in [5, 5.41) is 0. The summed E-state index contributed by atoms with van der Waals surface area (Å²) in [5.41, 5.74) is 10.7. The van der Waals surface area contributed by atoms with Crippen LogP contribution in [0.15, 0.2) is 0 Å². The third-order valence-corrected chi connectivity index (χ3v) is 2.35. The van der Waals surface area contributed by atoms with Crippen molar-refractivity contribution in [2.24, 2.45) is 17.4 Å². The van der Waals surface area contributed by atoms with Crippen LogP contribution in [0.3, 0.4) is 0 Å². The SMILES string of the molecule is NCCN1CCC[C@H](C(N)=O)C1. The van der Waals surface area contributed by atoms with Crippen molar-refractivity contribution in [2.75, 3.05) is 26.2 Å². The molecular weight excluding hydrogens is 154 g/mol. The quantitative estimate of drug-likeness (QED) is 0.580. The molecule has 1 rings (SSSR count). The molecule has 0 bridgehead atoms. The van der Waals surface area contributed by atoms with Crippen LogP contribution in [0.5, 0.6) is 0 Å². The van der Waals surface area contributed by atoms with E-state index < -0.39 is 0 Å². The van der Waals surface area contributed by atoms with Crippen LogP contribution < -0.4 is 11.5 Å². The van der Waals surface area contributed by atoms with Crippen LogP contribution in [0, 0.1) is 5.92 Å². The molecule has 0 aromatic heterocycles. The lowest BCUT2D eigenvalue weighted by Crippen LogP contribution is -2.42. The number of hydrogen-bond acceptors (Lipinski definition) is 3. The van der Waals surface area contributed by atoms with E-state index in [-0.39, 0.29) is 11.8 Å². The summed E-state index contributed by atoms with van der Waals surface area (Å²) < 4.78 is 0. The molecule has 1 aliphatic rings. The van der Waals surface area contributed by atoms with Crippen molar-refractivity contribution < 1.29 is 4.79 Å². The standard InChI is InChI=1S/C8H17N3O/c9-3-5-11-4-1-2-7(6-11)8(10)12/h7H,1-6,9H2,(H2,10,12)/t7-/m0/s1. The van der Waals surface area contributed by atoms with Crippen molar-refractivity contribution in [2.45, 2.75) is 12.8 Å². The molecular formula is C8H17N3O. The number of amides is 1. The maximum Gasteiger partial charge on any atom is 0.221 e. The van der Waals surface area contributed by atoms with Gasteiger partial charge in [-0.25, -0.2) is 0 Å². The Morgan fingerprint density at radius 2 is 2.33 bits per heavy atom. The first-order valence-corrected chi connectivity index (χ1v) is 4.45. The Hall–Kier alpha value is -0.610. The zero-order chi connectivity index (χ0) is 8.97. The number of nitrogens with zero attached hydrogens (tertiary/aromatic N) is 1. The topological polar surface area (TPSA) is 72.3 Å². The number of likely N-dealkylation sites (tertiary alicyclic amines) is 1. The molecule has 1 atom stereocenters. The lowest BCUT2D eigenvalue weighted by atomic mass is 9.98. The molecule has 0 unspecified atom stereocenters. The van der Waals surface area contributed by atoms with Crippen molar-refractivity contribution in [3.8, 4) is 0 Å². The van der Waals surface area contributed by atoms with Gasteiger partial charge in [0.1, 0.15) is 0 Å². The van der Waals surface area contributed by atoms with E-state index in [0.717, 1.165) is 32.5 Å². The van der Waals surface area contributed by atoms with E-state index in [4.69, 9.17) is 11.5 Å². The number of nitrogens with two attached hydrogens (primary N) is 2. The van der Waals surface area contributed by atoms with Gasteiger partial charge in [-0.05, 0) is 19.4 Å². The largest absolute Gasteiger partial charge is 0.369 e. The minimum atomic E-state index is -0.170. The fraction of sp³-hybridized carbons (Fsp3) is 0.875. The number of piperidine rings is 1. The second kappa shape index (κ2) is 4.42. The van der Waals surface area contributed by atoms with Crippen LogP contribution in [0.25, 0.3) is 0 Å². The van der Waals surface area contributed by atoms with Crippen LogP contribution >= 0.6 is 0 Å². The summed E-state index contributed by atoms with van der Waals surface area (Å²) in [7, 11) is 0. The molecule has 0 saturated carbocycles. The summed E-state index contributed by atoms with van der Waals surface area (Å²) in [6.45, 7) is 3.39. The number of hydrogen-bond donors (Lipinski definition) is 2. The van der Waals surface area contributed by atoms with E-state index >= 15 is 0 Å². The Balaban J connectivity index is 2.35. The van der Waals surface area contributed by atoms with Gasteiger partial charge in [-0.3, -0.25) is 4.79 Å². The zero-order valence-electron chi connectivity index (χ0n) is 7.33. The van der Waals surface area contributed by atoms with Crippen molar-refractivity contribution in [3.63, 3.8) is 0 Å². The normalized spacial score (nSPS) is 25.6. The van der Waals surface area contributed by atoms with Crippen molar-refractivity contribution in [1.82, 2.24) is 4.90 Å². The Kier molecular flexibility index (Phi) is 3.49. The van der Waals surface area contributed by atoms with E-state index in [1.54, 1.807) is 0 Å². The van der Waals surface area contributed by atoms with Gasteiger partial charge in [-0.2, -0.15) is 0 Å². The van der Waals surface area contributed by atoms with Crippen LogP contribution in [-0.4, -0.2) is 37.0 Å². The summed E-state index contributed by atoms with van der Waals surface area (Å²) in [5.74, 6) is -0.123. The number of carbonyl (C=O) groups excluding carboxylic acids is 1. The minimum Gasteiger partial charge on any atom is -0.369 e. The van der Waals surface area contributed by atoms with Gasteiger partial charge in [0.2, 0.25) is 5.91 Å². The van der Waals surface area contributed by atoms with Gasteiger partial charge in [0, 0.05) is 19.6 Å². The number of primary amides is 1. The van der Waals surface area contributed by atoms with E-state index in [1.807, 2.05) is 0 Å². The molecule has 4 nitrogen and oxygen atoms in total. The average molecular weight is 171 g/mol. The molecule has 1 aliphatic heterocycles. The molecule has 70 valence electrons. The third kappa shape index (κ3) is 2.46. The first kappa shape index (κ1) is 9.48. The van der Waals surface area contributed by atoms with Crippen LogP contribution in [0.2, 0.25) is 0 Å². The van der Waals surface area contributed by atoms with Gasteiger partial charge in [0.15, 0.2) is 0 Å². The zero-order valence-corrected chi connectivity index (χ0v) is 7.33. The molecule has 0 aliphatic carbocycles. The lowest BCUT2D eigenvalue weighted by Gasteiger charge is -2.30. The first-order valence-electron chi connectivity index (χ1n) is 4.45. The average Bonchev–Trinajstić information content (AvgIpc) is 2.05. The molecule has 1 fully saturated rings. The highest BCUT2D eigenvalue weighted by Crippen LogP contribution is 2.14. The first-order chi connectivity index (χ1) is 5.74. The van der Waals surface area contributed by atoms with Gasteiger partial charge in [-0.15, -0.1) is 0 Å². The van der Waals surface area contributed by atoms with E-state index in [9.17, 15) is 4.79 Å². The van der Waals surface area contributed by atoms with Gasteiger partial charge < -0.3 is 16.4 Å². The second-order valence-corrected chi connectivity index (χ2v) is 3.33. The molecule has 4 N–H and O–H groups in total. The maximum absolute atomic E-state index is 10.9. The maximum atomic E-state index is 10.9. The van der Waals surface area contributed by atoms with Crippen molar-refractivity contribution >= 4 is 5.91 Å². The molecule has 4 heteroatoms. The van der Waals surface area contributed by atoms with Crippen molar-refractivity contribution in [1.29, 1.82) is 0 Å². The molecule has 0 aromatic carbocycles. The molecule has 0 aromatic rings. The smallest absolute Gasteiger partial charge is 0.221 e. The highest BCUT2D eigenvalue weighted by atomic mass is 16.1. The fourth-order valence-electron chi connectivity index (χ4n) is 1.67. The Bertz CT molecular complexity index is 158. The molecule has 1 saturated heterocycles. The summed E-state index contributed by atoms with van der Waals surface area (Å²) in [6, 6.07) is 0. The monoisotopic (exact) mass is 171 g/mol. The summed E-state index contributed by atoms with van der Waals surface area (Å²) in [4.78, 5) is 13.1. The number of rotatable bonds is 3. The molecule has 1 amide bonds. The van der Waals surface area contributed by atoms with E-state index in [1.165, 1.54) is 0 Å². The van der Waals surface area contributed by atoms with Gasteiger partial charge in [-0.1, -0.05) is 0 Å². The predicted molar refractivity (Wildman–Crippen MR) is 47.4 cm³/mol. The summed E-state index contributed by atoms with van der Waals surface area (Å²) in [6.07, 6.45) is 2.00.